The van der Waals surface area contributed by atoms with E-state index < -0.39 is 60.1 Å². The van der Waals surface area contributed by atoms with E-state index >= 15 is 0 Å². The summed E-state index contributed by atoms with van der Waals surface area (Å²) in [5, 5.41) is 21.2. The molecule has 0 bridgehead atoms. The number of aromatic nitrogens is 4. The summed E-state index contributed by atoms with van der Waals surface area (Å²) < 4.78 is 126. The summed E-state index contributed by atoms with van der Waals surface area (Å²) >= 11 is 0. The van der Waals surface area contributed by atoms with Gasteiger partial charge in [-0.3, -0.25) is 4.98 Å². The van der Waals surface area contributed by atoms with E-state index in [0.29, 0.717) is 40.2 Å². The molecule has 12 rings (SSSR count). The van der Waals surface area contributed by atoms with Crippen LogP contribution < -0.4 is 10.4 Å². The first-order valence-corrected chi connectivity index (χ1v) is 35.7. The van der Waals surface area contributed by atoms with E-state index in [-0.39, 0.29) is 77.3 Å². The van der Waals surface area contributed by atoms with E-state index in [9.17, 15) is 0 Å². The topological polar surface area (TPSA) is 175 Å². The van der Waals surface area contributed by atoms with Crippen LogP contribution in [0.4, 0.5) is 0 Å². The van der Waals surface area contributed by atoms with E-state index in [2.05, 4.69) is 163 Å². The quantitative estimate of drug-likeness (QED) is 0.0920. The molecule has 474 valence electrons. The number of furan rings is 2. The molecule has 0 amide bonds. The molecule has 0 fully saturated rings. The van der Waals surface area contributed by atoms with Gasteiger partial charge in [-0.25, -0.2) is 13.4 Å². The summed E-state index contributed by atoms with van der Waals surface area (Å²) in [6.07, 6.45) is 2.54. The number of hydrogen-bond donors (Lipinski definition) is 2. The normalized spacial score (nSPS) is 12.8. The van der Waals surface area contributed by atoms with Gasteiger partial charge in [-0.2, -0.15) is 0 Å². The number of para-hydroxylation sites is 2. The van der Waals surface area contributed by atoms with Gasteiger partial charge in [-0.15, -0.1) is 106 Å². The molecule has 11 nitrogen and oxygen atoms in total. The zero-order valence-corrected chi connectivity index (χ0v) is 58.1. The van der Waals surface area contributed by atoms with E-state index in [1.54, 1.807) is 24.3 Å². The van der Waals surface area contributed by atoms with Crippen LogP contribution in [0.2, 0.25) is 39.3 Å². The van der Waals surface area contributed by atoms with E-state index in [0.717, 1.165) is 63.9 Å². The molecule has 6 aromatic carbocycles. The molecular formula is C71H80B4Ir2N4O7SSi2-4. The van der Waals surface area contributed by atoms with Crippen LogP contribution in [0.15, 0.2) is 197 Å². The summed E-state index contributed by atoms with van der Waals surface area (Å²) in [4.78, 5) is 17.7. The number of hydrogen-bond acceptors (Lipinski definition) is 11. The molecule has 12 aromatic rings. The second-order valence-electron chi connectivity index (χ2n) is 20.9. The molecule has 0 spiro atoms. The molecule has 91 heavy (non-hydrogen) atoms. The standard InChI is InChI=1S/C20H19NOSi.C20H18NOSi.2C13H12N.CH4O3S.2CH4O.2CH4.B4.2Ir/c2*1-23(2,3)19-11-7-5-9-16(19)17-13-12-15-14-8-4-6-10-18(14)22-20(15)21-17;2*1-10-3-6-12(7-4-10)13-8-5-11(2)9-14-13;1-5(2,3)4;2*1-2;;;1-4(2)3;;/h4-13H,1-3H3;4-8,10-13H,1-3H3;2*3-6,8-9H,1-2H3;1H3,(H,2,3,4);2*2H,1H3;2*1H4;;;/q;3*-1;;;;;;;;/p-1/i;;2*1D3,2D3;;;;;;;;. The molecule has 0 unspecified atom stereocenters. The van der Waals surface area contributed by atoms with Gasteiger partial charge in [0.2, 0.25) is 11.4 Å². The third-order valence-corrected chi connectivity index (χ3v) is 16.2. The van der Waals surface area contributed by atoms with Crippen LogP contribution >= 0.6 is 0 Å². The number of aryl methyl sites for hydroxylation is 4. The largest absolute Gasteiger partial charge is 0.748 e. The van der Waals surface area contributed by atoms with Gasteiger partial charge in [-0.05, 0) is 71.7 Å². The molecule has 0 aliphatic heterocycles. The van der Waals surface area contributed by atoms with Crippen molar-refractivity contribution in [3.8, 4) is 45.0 Å². The van der Waals surface area contributed by atoms with Crippen molar-refractivity contribution in [2.45, 2.75) is 81.5 Å². The molecule has 0 saturated carbocycles. The van der Waals surface area contributed by atoms with Crippen molar-refractivity contribution in [1.29, 1.82) is 0 Å². The van der Waals surface area contributed by atoms with E-state index in [1.807, 2.05) is 42.5 Å². The second kappa shape index (κ2) is 39.0. The van der Waals surface area contributed by atoms with Gasteiger partial charge in [0.1, 0.15) is 11.2 Å². The molecule has 0 aliphatic carbocycles. The third-order valence-electron chi connectivity index (χ3n) is 12.1. The number of benzene rings is 6. The van der Waals surface area contributed by atoms with Crippen LogP contribution in [0.25, 0.3) is 89.2 Å². The fraction of sp³-hybridized carbons (Fsp3) is 0.211. The Balaban J connectivity index is 0.000000642. The van der Waals surface area contributed by atoms with E-state index in [4.69, 9.17) is 58.4 Å². The molecule has 8 radical (unpaired) electrons. The van der Waals surface area contributed by atoms with Gasteiger partial charge in [-0.1, -0.05) is 170 Å². The van der Waals surface area contributed by atoms with Crippen LogP contribution in [0, 0.1) is 45.6 Å². The van der Waals surface area contributed by atoms with E-state index in [1.165, 1.54) is 64.7 Å². The molecular weight excluding hydrogens is 1540 g/mol. The Hall–Kier alpha value is -6.66. The van der Waals surface area contributed by atoms with Crippen molar-refractivity contribution in [1.82, 2.24) is 19.9 Å². The van der Waals surface area contributed by atoms with Gasteiger partial charge in [0.15, 0.2) is 0 Å². The Bertz CT molecular complexity index is 4290. The van der Waals surface area contributed by atoms with Crippen LogP contribution in [0.5, 0.6) is 0 Å². The molecule has 20 heteroatoms. The van der Waals surface area contributed by atoms with Gasteiger partial charge in [0.25, 0.3) is 0 Å². The zero-order valence-electron chi connectivity index (χ0n) is 62.5. The van der Waals surface area contributed by atoms with Crippen molar-refractivity contribution in [3.63, 3.8) is 0 Å². The Labute approximate surface area is 591 Å². The molecule has 6 aromatic heterocycles. The number of fused-ring (bicyclic) bond motifs is 6. The van der Waals surface area contributed by atoms with Crippen molar-refractivity contribution in [2.75, 3.05) is 20.5 Å². The predicted molar refractivity (Wildman–Crippen MR) is 383 cm³/mol. The van der Waals surface area contributed by atoms with Gasteiger partial charge < -0.3 is 33.6 Å². The Morgan fingerprint density at radius 2 is 0.868 bits per heavy atom. The summed E-state index contributed by atoms with van der Waals surface area (Å²) in [6, 6.07) is 63.7. The SMILES string of the molecule is C.C.CO.CO.CS(=O)(=O)[O-].C[Si](C)(C)c1ccc[c-]c1-c1ccc2c(n1)oc1ccccc12.C[Si](C)(C)c1ccccc1-c1ccc2c(n1)oc1ccccc12.[2H]C([2H])([2H])c1c[c-]c(-c2ccc(C([2H])([2H])[2H])cn2)cc1.[2H]C([2H])([2H])c1c[c-]c(-c2ccc(C([2H])([2H])[2H])cn2)cc1.[B]B([B])[B].[Ir].[Ir]. The third kappa shape index (κ3) is 25.4. The monoisotopic (exact) mass is 1630 g/mol. The number of rotatable bonds is 6. The minimum Gasteiger partial charge on any atom is -0.748 e. The van der Waals surface area contributed by atoms with Gasteiger partial charge in [0.05, 0.1) is 23.9 Å². The molecule has 0 atom stereocenters. The average molecular weight is 1630 g/mol. The van der Waals surface area contributed by atoms with Gasteiger partial charge in [0, 0.05) is 149 Å². The zero-order chi connectivity index (χ0) is 74.1. The second-order valence-corrected chi connectivity index (χ2v) is 32.4. The van der Waals surface area contributed by atoms with Crippen molar-refractivity contribution in [3.05, 3.63) is 229 Å². The van der Waals surface area contributed by atoms with Crippen LogP contribution in [-0.2, 0) is 50.3 Å². The minimum absolute atomic E-state index is 0. The number of pyridine rings is 4. The maximum atomic E-state index is 9.08. The Morgan fingerprint density at radius 1 is 0.495 bits per heavy atom. The first-order valence-electron chi connectivity index (χ1n) is 32.9. The maximum Gasteiger partial charge on any atom is 0.227 e. The first-order chi connectivity index (χ1) is 46.2. The summed E-state index contributed by atoms with van der Waals surface area (Å²) in [7, 11) is 9.19. The number of nitrogens with zero attached hydrogens (tertiary/aromatic N) is 4. The average Bonchev–Trinajstić information content (AvgIpc) is 1.68. The predicted octanol–water partition coefficient (Wildman–Crippen LogP) is 14.6. The Kier molecular flexibility index (Phi) is 27.1. The van der Waals surface area contributed by atoms with Gasteiger partial charge >= 0.3 is 0 Å². The first kappa shape index (κ1) is 63.1. The summed E-state index contributed by atoms with van der Waals surface area (Å²) in [5.74, 6) is 0. The molecule has 0 aliphatic rings. The number of aliphatic hydroxyl groups is 2. The summed E-state index contributed by atoms with van der Waals surface area (Å²) in [5.41, 5.74) is 10.6. The van der Waals surface area contributed by atoms with Crippen LogP contribution in [0.3, 0.4) is 0 Å². The van der Waals surface area contributed by atoms with Crippen molar-refractivity contribution < 1.29 is 88.7 Å². The minimum atomic E-state index is -3.92. The van der Waals surface area contributed by atoms with Crippen LogP contribution in [0.1, 0.15) is 53.6 Å². The fourth-order valence-corrected chi connectivity index (χ4v) is 11.6. The van der Waals surface area contributed by atoms with Crippen molar-refractivity contribution in [2.24, 2.45) is 0 Å². The fourth-order valence-electron chi connectivity index (χ4n) is 8.41. The molecule has 0 saturated heterocycles. The Morgan fingerprint density at radius 3 is 1.26 bits per heavy atom. The maximum absolute atomic E-state index is 9.08. The van der Waals surface area contributed by atoms with Crippen LogP contribution in [-0.4, -0.2) is 109 Å². The summed E-state index contributed by atoms with van der Waals surface area (Å²) in [6.45, 7) is 5.46. The number of aliphatic hydroxyl groups excluding tert-OH is 2. The molecule has 6 heterocycles. The molecule has 2 N–H and O–H groups in total. The van der Waals surface area contributed by atoms with Crippen molar-refractivity contribution >= 4 is 110 Å². The smallest absolute Gasteiger partial charge is 0.227 e.